The van der Waals surface area contributed by atoms with E-state index in [1.165, 1.54) is 4.90 Å². The summed E-state index contributed by atoms with van der Waals surface area (Å²) < 4.78 is 0. The molecule has 1 aliphatic rings. The number of rotatable bonds is 6. The second-order valence-corrected chi connectivity index (χ2v) is 6.02. The molecule has 0 aromatic heterocycles. The van der Waals surface area contributed by atoms with Gasteiger partial charge in [0.15, 0.2) is 0 Å². The van der Waals surface area contributed by atoms with E-state index in [0.717, 1.165) is 19.5 Å². The van der Waals surface area contributed by atoms with Gasteiger partial charge in [-0.25, -0.2) is 4.79 Å². The van der Waals surface area contributed by atoms with E-state index in [2.05, 4.69) is 31.1 Å². The zero-order chi connectivity index (χ0) is 13.9. The molecule has 1 N–H and O–H groups in total. The first-order valence-corrected chi connectivity index (χ1v) is 6.56. The molecule has 1 heterocycles. The zero-order valence-electron chi connectivity index (χ0n) is 12.1. The lowest BCUT2D eigenvalue weighted by Crippen LogP contribution is -2.40. The molecule has 0 bridgehead atoms. The molecule has 104 valence electrons. The minimum absolute atomic E-state index is 0.126. The Kier molecular flexibility index (Phi) is 4.73. The SMILES string of the molecule is CC(C)CN(C)CCCN1C(=O)NC(C)(C)C1=O. The fourth-order valence-electron chi connectivity index (χ4n) is 2.23. The first kappa shape index (κ1) is 15.0. The molecule has 0 aliphatic carbocycles. The number of hydrogen-bond donors (Lipinski definition) is 1. The Hall–Kier alpha value is -1.10. The molecule has 5 nitrogen and oxygen atoms in total. The van der Waals surface area contributed by atoms with E-state index >= 15 is 0 Å². The van der Waals surface area contributed by atoms with Crippen molar-refractivity contribution >= 4 is 11.9 Å². The van der Waals surface area contributed by atoms with Crippen molar-refractivity contribution in [2.24, 2.45) is 5.92 Å². The maximum atomic E-state index is 11.9. The normalized spacial score (nSPS) is 18.9. The fourth-order valence-corrected chi connectivity index (χ4v) is 2.23. The van der Waals surface area contributed by atoms with Gasteiger partial charge < -0.3 is 10.2 Å². The predicted octanol–water partition coefficient (Wildman–Crippen LogP) is 1.29. The topological polar surface area (TPSA) is 52.6 Å². The number of carbonyl (C=O) groups excluding carboxylic acids is 2. The van der Waals surface area contributed by atoms with Crippen LogP contribution >= 0.6 is 0 Å². The van der Waals surface area contributed by atoms with Crippen LogP contribution in [0.3, 0.4) is 0 Å². The molecule has 1 fully saturated rings. The van der Waals surface area contributed by atoms with Crippen molar-refractivity contribution < 1.29 is 9.59 Å². The first-order chi connectivity index (χ1) is 8.24. The summed E-state index contributed by atoms with van der Waals surface area (Å²) in [7, 11) is 2.07. The van der Waals surface area contributed by atoms with Gasteiger partial charge in [0.25, 0.3) is 5.91 Å². The molecule has 0 unspecified atom stereocenters. The molecule has 1 saturated heterocycles. The van der Waals surface area contributed by atoms with E-state index in [9.17, 15) is 9.59 Å². The standard InChI is InChI=1S/C13H25N3O2/c1-10(2)9-15(5)7-6-8-16-11(17)13(3,4)14-12(16)18/h10H,6-9H2,1-5H3,(H,14,18). The fraction of sp³-hybridized carbons (Fsp3) is 0.846. The van der Waals surface area contributed by atoms with Gasteiger partial charge in [0.2, 0.25) is 0 Å². The second-order valence-electron chi connectivity index (χ2n) is 6.02. The average molecular weight is 255 g/mol. The molecule has 1 rings (SSSR count). The van der Waals surface area contributed by atoms with E-state index in [1.54, 1.807) is 13.8 Å². The van der Waals surface area contributed by atoms with Crippen LogP contribution < -0.4 is 5.32 Å². The Morgan fingerprint density at radius 1 is 1.33 bits per heavy atom. The van der Waals surface area contributed by atoms with Crippen LogP contribution in [-0.2, 0) is 4.79 Å². The monoisotopic (exact) mass is 255 g/mol. The minimum atomic E-state index is -0.749. The number of amides is 3. The Labute approximate surface area is 110 Å². The van der Waals surface area contributed by atoms with Gasteiger partial charge in [-0.1, -0.05) is 13.8 Å². The molecule has 0 spiro atoms. The van der Waals surface area contributed by atoms with E-state index in [1.807, 2.05) is 0 Å². The van der Waals surface area contributed by atoms with Gasteiger partial charge in [0.05, 0.1) is 0 Å². The van der Waals surface area contributed by atoms with Crippen LogP contribution in [0.25, 0.3) is 0 Å². The van der Waals surface area contributed by atoms with Crippen LogP contribution in [0.1, 0.15) is 34.1 Å². The van der Waals surface area contributed by atoms with E-state index in [0.29, 0.717) is 12.5 Å². The molecule has 5 heteroatoms. The van der Waals surface area contributed by atoms with E-state index in [-0.39, 0.29) is 11.9 Å². The molecule has 3 amide bonds. The van der Waals surface area contributed by atoms with Crippen molar-refractivity contribution in [1.29, 1.82) is 0 Å². The lowest BCUT2D eigenvalue weighted by Gasteiger charge is -2.20. The summed E-state index contributed by atoms with van der Waals surface area (Å²) in [5.74, 6) is 0.504. The molecule has 18 heavy (non-hydrogen) atoms. The molecule has 0 saturated carbocycles. The largest absolute Gasteiger partial charge is 0.325 e. The van der Waals surface area contributed by atoms with E-state index in [4.69, 9.17) is 0 Å². The molecule has 0 radical (unpaired) electrons. The molecule has 0 atom stereocenters. The Balaban J connectivity index is 2.36. The Morgan fingerprint density at radius 3 is 2.39 bits per heavy atom. The maximum Gasteiger partial charge on any atom is 0.325 e. The van der Waals surface area contributed by atoms with Gasteiger partial charge in [-0.15, -0.1) is 0 Å². The maximum absolute atomic E-state index is 11.9. The zero-order valence-corrected chi connectivity index (χ0v) is 12.1. The summed E-state index contributed by atoms with van der Waals surface area (Å²) >= 11 is 0. The summed E-state index contributed by atoms with van der Waals surface area (Å²) in [5.41, 5.74) is -0.749. The third-order valence-corrected chi connectivity index (χ3v) is 3.04. The highest BCUT2D eigenvalue weighted by molar-refractivity contribution is 6.06. The van der Waals surface area contributed by atoms with Crippen molar-refractivity contribution in [2.45, 2.75) is 39.7 Å². The molecule has 1 aliphatic heterocycles. The molecule has 0 aromatic carbocycles. The van der Waals surface area contributed by atoms with Crippen LogP contribution in [0, 0.1) is 5.92 Å². The minimum Gasteiger partial charge on any atom is -0.324 e. The van der Waals surface area contributed by atoms with Crippen molar-refractivity contribution in [1.82, 2.24) is 15.1 Å². The van der Waals surface area contributed by atoms with Gasteiger partial charge >= 0.3 is 6.03 Å². The number of urea groups is 1. The average Bonchev–Trinajstić information content (AvgIpc) is 2.38. The second kappa shape index (κ2) is 5.69. The quantitative estimate of drug-likeness (QED) is 0.728. The van der Waals surface area contributed by atoms with Crippen molar-refractivity contribution in [3.05, 3.63) is 0 Å². The number of nitrogens with one attached hydrogen (secondary N) is 1. The highest BCUT2D eigenvalue weighted by atomic mass is 16.2. The van der Waals surface area contributed by atoms with Crippen LogP contribution in [0.15, 0.2) is 0 Å². The molecule has 0 aromatic rings. The predicted molar refractivity (Wildman–Crippen MR) is 71.3 cm³/mol. The smallest absolute Gasteiger partial charge is 0.324 e. The number of hydrogen-bond acceptors (Lipinski definition) is 3. The Morgan fingerprint density at radius 2 is 1.94 bits per heavy atom. The summed E-state index contributed by atoms with van der Waals surface area (Å²) in [4.78, 5) is 27.1. The van der Waals surface area contributed by atoms with E-state index < -0.39 is 5.54 Å². The lowest BCUT2D eigenvalue weighted by atomic mass is 10.1. The summed E-state index contributed by atoms with van der Waals surface area (Å²) in [6.07, 6.45) is 0.818. The summed E-state index contributed by atoms with van der Waals surface area (Å²) in [6.45, 7) is 10.3. The highest BCUT2D eigenvalue weighted by Gasteiger charge is 2.43. The van der Waals surface area contributed by atoms with Crippen LogP contribution in [-0.4, -0.2) is 54.0 Å². The van der Waals surface area contributed by atoms with Gasteiger partial charge in [-0.05, 0) is 39.8 Å². The summed E-state index contributed by atoms with van der Waals surface area (Å²) in [6, 6.07) is -0.267. The van der Waals surface area contributed by atoms with Crippen LogP contribution in [0.5, 0.6) is 0 Å². The van der Waals surface area contributed by atoms with Crippen molar-refractivity contribution in [3.8, 4) is 0 Å². The number of carbonyl (C=O) groups is 2. The molecular formula is C13H25N3O2. The van der Waals surface area contributed by atoms with Gasteiger partial charge in [-0.3, -0.25) is 9.69 Å². The van der Waals surface area contributed by atoms with Crippen LogP contribution in [0.2, 0.25) is 0 Å². The Bertz CT molecular complexity index is 326. The highest BCUT2D eigenvalue weighted by Crippen LogP contribution is 2.16. The van der Waals surface area contributed by atoms with Crippen molar-refractivity contribution in [3.63, 3.8) is 0 Å². The number of nitrogens with zero attached hydrogens (tertiary/aromatic N) is 2. The first-order valence-electron chi connectivity index (χ1n) is 6.56. The molecular weight excluding hydrogens is 230 g/mol. The van der Waals surface area contributed by atoms with Gasteiger partial charge in [0.1, 0.15) is 5.54 Å². The van der Waals surface area contributed by atoms with Crippen LogP contribution in [0.4, 0.5) is 4.79 Å². The van der Waals surface area contributed by atoms with Gasteiger partial charge in [-0.2, -0.15) is 0 Å². The third-order valence-electron chi connectivity index (χ3n) is 3.04. The number of imide groups is 1. The van der Waals surface area contributed by atoms with Gasteiger partial charge in [0, 0.05) is 13.1 Å². The lowest BCUT2D eigenvalue weighted by molar-refractivity contribution is -0.130. The van der Waals surface area contributed by atoms with Crippen molar-refractivity contribution in [2.75, 3.05) is 26.7 Å². The third kappa shape index (κ3) is 3.70. The summed E-state index contributed by atoms with van der Waals surface area (Å²) in [5, 5.41) is 2.69.